The van der Waals surface area contributed by atoms with Crippen molar-refractivity contribution in [2.45, 2.75) is 115 Å². The number of hydrogen-bond acceptors (Lipinski definition) is 6. The number of unbranched alkanes of at least 4 members (excludes halogenated alkanes) is 5. The lowest BCUT2D eigenvalue weighted by Gasteiger charge is -2.47. The highest BCUT2D eigenvalue weighted by Gasteiger charge is 2.51. The molecular weight excluding hydrogens is 600 g/mol. The van der Waals surface area contributed by atoms with Crippen LogP contribution in [0.25, 0.3) is 0 Å². The largest absolute Gasteiger partial charge is 0.390 e. The first kappa shape index (κ1) is 35.9. The summed E-state index contributed by atoms with van der Waals surface area (Å²) in [6, 6.07) is 40.3. The Morgan fingerprint density at radius 1 is 0.500 bits per heavy atom. The molecule has 0 aromatic heterocycles. The lowest BCUT2D eigenvalue weighted by atomic mass is 9.92. The van der Waals surface area contributed by atoms with E-state index in [1.54, 1.807) is 0 Å². The van der Waals surface area contributed by atoms with E-state index in [2.05, 4.69) is 6.92 Å². The Labute approximate surface area is 287 Å². The molecule has 4 aromatic rings. The fourth-order valence-electron chi connectivity index (χ4n) is 6.19. The van der Waals surface area contributed by atoms with Crippen LogP contribution < -0.4 is 0 Å². The minimum Gasteiger partial charge on any atom is -0.390 e. The van der Waals surface area contributed by atoms with Crippen molar-refractivity contribution >= 4 is 0 Å². The molecule has 0 bridgehead atoms. The van der Waals surface area contributed by atoms with Crippen molar-refractivity contribution in [3.05, 3.63) is 144 Å². The summed E-state index contributed by atoms with van der Waals surface area (Å²) in [7, 11) is 0. The van der Waals surface area contributed by atoms with Crippen molar-refractivity contribution in [2.75, 3.05) is 0 Å². The van der Waals surface area contributed by atoms with Crippen LogP contribution in [0, 0.1) is 0 Å². The number of ether oxygens (including phenoxy) is 5. The van der Waals surface area contributed by atoms with Crippen LogP contribution in [-0.2, 0) is 50.1 Å². The molecule has 0 spiro atoms. The molecule has 1 aliphatic rings. The van der Waals surface area contributed by atoms with E-state index >= 15 is 0 Å². The van der Waals surface area contributed by atoms with Gasteiger partial charge in [0, 0.05) is 0 Å². The maximum Gasteiger partial charge on any atom is 0.187 e. The van der Waals surface area contributed by atoms with E-state index in [0.717, 1.165) is 35.1 Å². The molecule has 1 N–H and O–H groups in total. The second-order valence-corrected chi connectivity index (χ2v) is 12.7. The fourth-order valence-corrected chi connectivity index (χ4v) is 6.19. The van der Waals surface area contributed by atoms with Gasteiger partial charge in [-0.15, -0.1) is 0 Å². The second kappa shape index (κ2) is 20.2. The van der Waals surface area contributed by atoms with Gasteiger partial charge in [-0.25, -0.2) is 0 Å². The fraction of sp³-hybridized carbons (Fsp3) is 0.429. The van der Waals surface area contributed by atoms with Crippen molar-refractivity contribution < 1.29 is 28.8 Å². The van der Waals surface area contributed by atoms with E-state index in [4.69, 9.17) is 23.7 Å². The van der Waals surface area contributed by atoms with Gasteiger partial charge in [0.1, 0.15) is 24.4 Å². The summed E-state index contributed by atoms with van der Waals surface area (Å²) in [5, 5.41) is 11.8. The number of hydrogen-bond donors (Lipinski definition) is 1. The maximum absolute atomic E-state index is 11.8. The van der Waals surface area contributed by atoms with E-state index < -0.39 is 36.8 Å². The molecule has 6 heteroatoms. The lowest BCUT2D eigenvalue weighted by Crippen LogP contribution is -2.63. The zero-order valence-electron chi connectivity index (χ0n) is 28.3. The monoisotopic (exact) mass is 652 g/mol. The SMILES string of the molecule is CCCCCCCCC(O)[C@H]1O[C@@H](OCc2ccccc2)[C@H](OCc2ccccc2)[C@@H](OCc2ccccc2)[C@@H]1OCc1ccccc1. The molecule has 5 rings (SSSR count). The molecule has 6 atom stereocenters. The van der Waals surface area contributed by atoms with Crippen LogP contribution in [0.15, 0.2) is 121 Å². The van der Waals surface area contributed by atoms with Gasteiger partial charge in [-0.2, -0.15) is 0 Å². The first-order chi connectivity index (χ1) is 23.7. The van der Waals surface area contributed by atoms with Gasteiger partial charge in [0.2, 0.25) is 0 Å². The highest BCUT2D eigenvalue weighted by atomic mass is 16.7. The van der Waals surface area contributed by atoms with Gasteiger partial charge in [0.05, 0.1) is 32.5 Å². The molecule has 0 aliphatic carbocycles. The second-order valence-electron chi connectivity index (χ2n) is 12.7. The molecule has 0 saturated carbocycles. The molecule has 1 unspecified atom stereocenters. The highest BCUT2D eigenvalue weighted by molar-refractivity contribution is 5.16. The topological polar surface area (TPSA) is 66.4 Å². The van der Waals surface area contributed by atoms with Crippen LogP contribution in [0.5, 0.6) is 0 Å². The Morgan fingerprint density at radius 3 is 1.38 bits per heavy atom. The molecule has 0 amide bonds. The van der Waals surface area contributed by atoms with Gasteiger partial charge in [0.15, 0.2) is 6.29 Å². The molecule has 1 aliphatic heterocycles. The molecule has 1 fully saturated rings. The maximum atomic E-state index is 11.8. The Hall–Kier alpha value is -3.36. The average molecular weight is 653 g/mol. The summed E-state index contributed by atoms with van der Waals surface area (Å²) in [5.74, 6) is 0. The van der Waals surface area contributed by atoms with Gasteiger partial charge in [-0.05, 0) is 28.7 Å². The summed E-state index contributed by atoms with van der Waals surface area (Å²) in [6.45, 7) is 3.61. The quantitative estimate of drug-likeness (QED) is 0.0963. The molecule has 1 saturated heterocycles. The van der Waals surface area contributed by atoms with E-state index in [-0.39, 0.29) is 0 Å². The van der Waals surface area contributed by atoms with E-state index in [1.165, 1.54) is 25.7 Å². The Kier molecular flexibility index (Phi) is 15.1. The van der Waals surface area contributed by atoms with E-state index in [1.807, 2.05) is 121 Å². The normalized spacial score (nSPS) is 21.6. The number of aliphatic hydroxyl groups is 1. The molecule has 6 nitrogen and oxygen atoms in total. The van der Waals surface area contributed by atoms with Gasteiger partial charge < -0.3 is 28.8 Å². The molecule has 1 heterocycles. The smallest absolute Gasteiger partial charge is 0.187 e. The minimum absolute atomic E-state index is 0.331. The Bertz CT molecular complexity index is 1390. The standard InChI is InChI=1S/C42H52O6/c1-2-3-4-5-6-19-28-37(43)38-39(44-29-33-20-11-7-12-21-33)40(45-30-34-22-13-8-14-23-34)41(46-31-35-24-15-9-16-25-35)42(48-38)47-32-36-26-17-10-18-27-36/h7-18,20-27,37-43H,2-6,19,28-32H2,1H3/t37?,38-,39-,40+,41-,42-/m1/s1. The van der Waals surface area contributed by atoms with Crippen LogP contribution >= 0.6 is 0 Å². The molecule has 0 radical (unpaired) electrons. The average Bonchev–Trinajstić information content (AvgIpc) is 3.14. The van der Waals surface area contributed by atoms with Crippen LogP contribution in [0.4, 0.5) is 0 Å². The van der Waals surface area contributed by atoms with Crippen molar-refractivity contribution in [3.8, 4) is 0 Å². The predicted octanol–water partition coefficient (Wildman–Crippen LogP) is 8.80. The number of aliphatic hydroxyl groups excluding tert-OH is 1. The molecule has 48 heavy (non-hydrogen) atoms. The first-order valence-corrected chi connectivity index (χ1v) is 17.7. The Morgan fingerprint density at radius 2 is 0.896 bits per heavy atom. The molecule has 4 aromatic carbocycles. The first-order valence-electron chi connectivity index (χ1n) is 17.7. The van der Waals surface area contributed by atoms with E-state index in [9.17, 15) is 5.11 Å². The molecule has 256 valence electrons. The minimum atomic E-state index is -0.796. The van der Waals surface area contributed by atoms with E-state index in [0.29, 0.717) is 32.8 Å². The van der Waals surface area contributed by atoms with Gasteiger partial charge in [0.25, 0.3) is 0 Å². The highest BCUT2D eigenvalue weighted by Crippen LogP contribution is 2.34. The third-order valence-corrected chi connectivity index (χ3v) is 8.88. The lowest BCUT2D eigenvalue weighted by molar-refractivity contribution is -0.337. The summed E-state index contributed by atoms with van der Waals surface area (Å²) in [4.78, 5) is 0. The van der Waals surface area contributed by atoms with Crippen LogP contribution in [0.2, 0.25) is 0 Å². The zero-order chi connectivity index (χ0) is 33.2. The summed E-state index contributed by atoms with van der Waals surface area (Å²) < 4.78 is 33.4. The third-order valence-electron chi connectivity index (χ3n) is 8.88. The van der Waals surface area contributed by atoms with Crippen molar-refractivity contribution in [1.82, 2.24) is 0 Å². The molecular formula is C42H52O6. The Balaban J connectivity index is 1.43. The van der Waals surface area contributed by atoms with Crippen LogP contribution in [0.1, 0.15) is 74.1 Å². The summed E-state index contributed by atoms with van der Waals surface area (Å²) >= 11 is 0. The van der Waals surface area contributed by atoms with Crippen LogP contribution in [-0.4, -0.2) is 41.9 Å². The third kappa shape index (κ3) is 11.4. The van der Waals surface area contributed by atoms with Crippen molar-refractivity contribution in [2.24, 2.45) is 0 Å². The van der Waals surface area contributed by atoms with Gasteiger partial charge in [-0.3, -0.25) is 0 Å². The number of benzene rings is 4. The zero-order valence-corrected chi connectivity index (χ0v) is 28.3. The summed E-state index contributed by atoms with van der Waals surface area (Å²) in [5.41, 5.74) is 4.13. The van der Waals surface area contributed by atoms with Crippen LogP contribution in [0.3, 0.4) is 0 Å². The number of rotatable bonds is 20. The van der Waals surface area contributed by atoms with Gasteiger partial charge in [-0.1, -0.05) is 167 Å². The van der Waals surface area contributed by atoms with Crippen molar-refractivity contribution in [3.63, 3.8) is 0 Å². The van der Waals surface area contributed by atoms with Crippen molar-refractivity contribution in [1.29, 1.82) is 0 Å². The predicted molar refractivity (Wildman–Crippen MR) is 189 cm³/mol. The summed E-state index contributed by atoms with van der Waals surface area (Å²) in [6.07, 6.45) is 3.37. The van der Waals surface area contributed by atoms with Gasteiger partial charge >= 0.3 is 0 Å².